The van der Waals surface area contributed by atoms with Crippen molar-refractivity contribution in [1.29, 1.82) is 0 Å². The molecule has 2 aromatic carbocycles. The van der Waals surface area contributed by atoms with E-state index in [4.69, 9.17) is 5.73 Å². The molecule has 0 aliphatic heterocycles. The Kier molecular flexibility index (Phi) is 4.45. The maximum Gasteiger partial charge on any atom is 0.416 e. The topological polar surface area (TPSA) is 95.7 Å². The van der Waals surface area contributed by atoms with Crippen molar-refractivity contribution in [2.45, 2.75) is 13.1 Å². The summed E-state index contributed by atoms with van der Waals surface area (Å²) in [6.07, 6.45) is -4.47. The molecule has 0 radical (unpaired) electrons. The van der Waals surface area contributed by atoms with Crippen LogP contribution >= 0.6 is 0 Å². The van der Waals surface area contributed by atoms with E-state index in [1.165, 1.54) is 36.4 Å². The molecule has 0 aliphatic carbocycles. The van der Waals surface area contributed by atoms with Crippen LogP contribution < -0.4 is 15.8 Å². The number of hydrogen-bond donors (Lipinski definition) is 2. The number of nitrogens with one attached hydrogen (secondary N) is 1. The van der Waals surface area contributed by atoms with E-state index in [9.17, 15) is 22.8 Å². The Labute approximate surface area is 167 Å². The summed E-state index contributed by atoms with van der Waals surface area (Å²) in [6, 6.07) is 9.48. The van der Waals surface area contributed by atoms with Crippen LogP contribution in [0.5, 0.6) is 0 Å². The summed E-state index contributed by atoms with van der Waals surface area (Å²) in [5.41, 5.74) is 6.14. The lowest BCUT2D eigenvalue weighted by atomic mass is 10.2. The van der Waals surface area contributed by atoms with Gasteiger partial charge < -0.3 is 10.9 Å². The number of aryl methyl sites for hydroxylation is 1. The molecule has 0 saturated heterocycles. The summed E-state index contributed by atoms with van der Waals surface area (Å²) in [6.45, 7) is 1.68. The van der Waals surface area contributed by atoms with Crippen LogP contribution in [-0.2, 0) is 6.18 Å². The SMILES string of the molecule is Cc1nc2cc(F)ccc2n1-c1cc(N)[n+]([O-])c(Nc2ccc(C(F)(F)F)cc2)n1. The minimum atomic E-state index is -4.47. The number of alkyl halides is 3. The molecular formula is C19H14F4N6O. The Bertz CT molecular complexity index is 1250. The number of nitrogens with zero attached hydrogens (tertiary/aromatic N) is 4. The van der Waals surface area contributed by atoms with Gasteiger partial charge in [-0.05, 0) is 43.3 Å². The lowest BCUT2D eigenvalue weighted by molar-refractivity contribution is -0.577. The van der Waals surface area contributed by atoms with Crippen LogP contribution in [-0.4, -0.2) is 14.5 Å². The molecule has 3 N–H and O–H groups in total. The summed E-state index contributed by atoms with van der Waals surface area (Å²) in [7, 11) is 0. The fraction of sp³-hybridized carbons (Fsp3) is 0.105. The summed E-state index contributed by atoms with van der Waals surface area (Å²) >= 11 is 0. The molecule has 0 bridgehead atoms. The monoisotopic (exact) mass is 418 g/mol. The first-order chi connectivity index (χ1) is 14.1. The number of nitrogen functional groups attached to an aromatic ring is 1. The van der Waals surface area contributed by atoms with E-state index >= 15 is 0 Å². The van der Waals surface area contributed by atoms with E-state index in [2.05, 4.69) is 15.3 Å². The molecule has 30 heavy (non-hydrogen) atoms. The molecule has 0 fully saturated rings. The summed E-state index contributed by atoms with van der Waals surface area (Å²) in [5, 5.41) is 15.0. The van der Waals surface area contributed by atoms with Crippen molar-refractivity contribution in [1.82, 2.24) is 14.5 Å². The van der Waals surface area contributed by atoms with Crippen LogP contribution in [0.1, 0.15) is 11.4 Å². The van der Waals surface area contributed by atoms with Crippen molar-refractivity contribution in [3.63, 3.8) is 0 Å². The Balaban J connectivity index is 1.76. The van der Waals surface area contributed by atoms with Gasteiger partial charge in [-0.15, -0.1) is 0 Å². The van der Waals surface area contributed by atoms with Crippen LogP contribution in [0.25, 0.3) is 16.9 Å². The molecule has 154 valence electrons. The second kappa shape index (κ2) is 6.87. The molecule has 0 spiro atoms. The average molecular weight is 418 g/mol. The molecule has 11 heteroatoms. The molecule has 2 heterocycles. The Morgan fingerprint density at radius 2 is 1.77 bits per heavy atom. The van der Waals surface area contributed by atoms with Gasteiger partial charge in [0.2, 0.25) is 5.82 Å². The first-order valence-corrected chi connectivity index (χ1v) is 8.63. The highest BCUT2D eigenvalue weighted by Gasteiger charge is 2.30. The maximum atomic E-state index is 13.5. The first kappa shape index (κ1) is 19.4. The number of fused-ring (bicyclic) bond motifs is 1. The summed E-state index contributed by atoms with van der Waals surface area (Å²) in [4.78, 5) is 8.52. The van der Waals surface area contributed by atoms with Gasteiger partial charge in [0.1, 0.15) is 11.6 Å². The highest BCUT2D eigenvalue weighted by atomic mass is 19.4. The average Bonchev–Trinajstić information content (AvgIpc) is 2.99. The third-order valence-corrected chi connectivity index (χ3v) is 4.41. The van der Waals surface area contributed by atoms with Crippen molar-refractivity contribution >= 4 is 28.5 Å². The number of nitrogens with two attached hydrogens (primary N) is 1. The lowest BCUT2D eigenvalue weighted by Crippen LogP contribution is -2.35. The smallest absolute Gasteiger partial charge is 0.416 e. The van der Waals surface area contributed by atoms with Crippen molar-refractivity contribution in [2.24, 2.45) is 0 Å². The van der Waals surface area contributed by atoms with E-state index in [-0.39, 0.29) is 23.3 Å². The molecule has 0 saturated carbocycles. The predicted molar refractivity (Wildman–Crippen MR) is 102 cm³/mol. The van der Waals surface area contributed by atoms with E-state index in [1.54, 1.807) is 11.5 Å². The van der Waals surface area contributed by atoms with Crippen LogP contribution in [0.15, 0.2) is 48.5 Å². The van der Waals surface area contributed by atoms with E-state index in [1.807, 2.05) is 0 Å². The Morgan fingerprint density at radius 3 is 2.43 bits per heavy atom. The van der Waals surface area contributed by atoms with Gasteiger partial charge in [0, 0.05) is 6.07 Å². The number of rotatable bonds is 3. The number of aromatic nitrogens is 4. The van der Waals surface area contributed by atoms with Crippen LogP contribution in [0.4, 0.5) is 35.0 Å². The zero-order valence-electron chi connectivity index (χ0n) is 15.4. The lowest BCUT2D eigenvalue weighted by Gasteiger charge is -2.15. The van der Waals surface area contributed by atoms with Gasteiger partial charge in [0.05, 0.1) is 28.4 Å². The minimum absolute atomic E-state index is 0.197. The van der Waals surface area contributed by atoms with Crippen LogP contribution in [0.3, 0.4) is 0 Å². The number of benzene rings is 2. The highest BCUT2D eigenvalue weighted by molar-refractivity contribution is 5.78. The minimum Gasteiger partial charge on any atom is -0.754 e. The van der Waals surface area contributed by atoms with Crippen LogP contribution in [0, 0.1) is 17.9 Å². The molecule has 4 rings (SSSR count). The zero-order valence-corrected chi connectivity index (χ0v) is 15.4. The van der Waals surface area contributed by atoms with Gasteiger partial charge in [0.15, 0.2) is 5.82 Å². The molecule has 2 aromatic heterocycles. The molecule has 7 nitrogen and oxygen atoms in total. The second-order valence-electron chi connectivity index (χ2n) is 6.48. The largest absolute Gasteiger partial charge is 0.754 e. The van der Waals surface area contributed by atoms with Gasteiger partial charge in [0.25, 0.3) is 0 Å². The second-order valence-corrected chi connectivity index (χ2v) is 6.48. The van der Waals surface area contributed by atoms with E-state index in [0.29, 0.717) is 21.6 Å². The number of halogens is 4. The first-order valence-electron chi connectivity index (χ1n) is 8.63. The van der Waals surface area contributed by atoms with Crippen molar-refractivity contribution in [2.75, 3.05) is 11.1 Å². The number of hydrogen-bond acceptors (Lipinski definition) is 5. The Hall–Kier alpha value is -3.89. The molecular weight excluding hydrogens is 404 g/mol. The maximum absolute atomic E-state index is 13.5. The molecule has 0 atom stereocenters. The molecule has 0 amide bonds. The molecule has 4 aromatic rings. The fourth-order valence-electron chi connectivity index (χ4n) is 3.03. The normalized spacial score (nSPS) is 11.8. The van der Waals surface area contributed by atoms with Gasteiger partial charge in [-0.25, -0.2) is 14.1 Å². The van der Waals surface area contributed by atoms with Crippen molar-refractivity contribution in [3.8, 4) is 5.82 Å². The van der Waals surface area contributed by atoms with Crippen LogP contribution in [0.2, 0.25) is 0 Å². The molecule has 0 aliphatic rings. The van der Waals surface area contributed by atoms with Gasteiger partial charge in [-0.2, -0.15) is 13.2 Å². The summed E-state index contributed by atoms with van der Waals surface area (Å²) in [5.74, 6) is -0.173. The predicted octanol–water partition coefficient (Wildman–Crippen LogP) is 3.85. The third kappa shape index (κ3) is 3.45. The zero-order chi connectivity index (χ0) is 21.6. The van der Waals surface area contributed by atoms with Gasteiger partial charge in [-0.3, -0.25) is 9.88 Å². The highest BCUT2D eigenvalue weighted by Crippen LogP contribution is 2.30. The Morgan fingerprint density at radius 1 is 1.07 bits per heavy atom. The van der Waals surface area contributed by atoms with Crippen molar-refractivity contribution < 1.29 is 22.3 Å². The molecule has 0 unspecified atom stereocenters. The van der Waals surface area contributed by atoms with Gasteiger partial charge in [-0.1, -0.05) is 4.98 Å². The third-order valence-electron chi connectivity index (χ3n) is 4.41. The summed E-state index contributed by atoms with van der Waals surface area (Å²) < 4.78 is 53.6. The van der Waals surface area contributed by atoms with Gasteiger partial charge >= 0.3 is 12.1 Å². The number of imidazole rings is 1. The quantitative estimate of drug-likeness (QED) is 0.299. The standard InChI is InChI=1S/C19H14F4N6O/c1-10-25-14-8-12(20)4-7-15(14)28(10)17-9-16(24)29(30)18(27-17)26-13-5-2-11(3-6-13)19(21,22)23/h2-9H,24H2,1H3,(H,26,27). The fourth-order valence-corrected chi connectivity index (χ4v) is 3.03. The van der Waals surface area contributed by atoms with E-state index in [0.717, 1.165) is 12.1 Å². The number of anilines is 3. The van der Waals surface area contributed by atoms with E-state index < -0.39 is 17.6 Å². The van der Waals surface area contributed by atoms with Crippen molar-refractivity contribution in [3.05, 3.63) is 70.9 Å².